The lowest BCUT2D eigenvalue weighted by molar-refractivity contribution is -0.121. The van der Waals surface area contributed by atoms with Crippen LogP contribution in [0.1, 0.15) is 22.3 Å². The number of carbonyl (C=O) groups is 1. The molecule has 0 aliphatic rings. The van der Waals surface area contributed by atoms with E-state index in [1.807, 2.05) is 20.8 Å². The Morgan fingerprint density at radius 3 is 2.41 bits per heavy atom. The molecule has 0 aliphatic carbocycles. The van der Waals surface area contributed by atoms with Crippen LogP contribution in [0.25, 0.3) is 0 Å². The van der Waals surface area contributed by atoms with Gasteiger partial charge < -0.3 is 5.32 Å². The van der Waals surface area contributed by atoms with Gasteiger partial charge in [-0.15, -0.1) is 0 Å². The Labute approximate surface area is 127 Å². The van der Waals surface area contributed by atoms with Crippen LogP contribution < -0.4 is 16.6 Å². The first-order valence-corrected chi connectivity index (χ1v) is 7.00. The summed E-state index contributed by atoms with van der Waals surface area (Å²) in [6.07, 6.45) is 1.31. The third-order valence-corrected chi connectivity index (χ3v) is 3.51. The molecule has 0 atom stereocenters. The Morgan fingerprint density at radius 2 is 1.82 bits per heavy atom. The summed E-state index contributed by atoms with van der Waals surface area (Å²) in [5.41, 5.74) is 3.44. The lowest BCUT2D eigenvalue weighted by Crippen LogP contribution is -2.35. The Balaban J connectivity index is 2.05. The van der Waals surface area contributed by atoms with Crippen LogP contribution in [0, 0.1) is 20.8 Å². The van der Waals surface area contributed by atoms with Crippen molar-refractivity contribution >= 4 is 5.91 Å². The number of aromatic nitrogens is 2. The summed E-state index contributed by atoms with van der Waals surface area (Å²) in [7, 11) is 0. The van der Waals surface area contributed by atoms with Gasteiger partial charge in [-0.3, -0.25) is 19.1 Å². The highest BCUT2D eigenvalue weighted by Crippen LogP contribution is 2.15. The first-order chi connectivity index (χ1) is 10.4. The van der Waals surface area contributed by atoms with E-state index in [1.54, 1.807) is 0 Å². The van der Waals surface area contributed by atoms with E-state index in [0.29, 0.717) is 6.54 Å². The predicted octanol–water partition coefficient (Wildman–Crippen LogP) is 0.778. The van der Waals surface area contributed by atoms with Crippen molar-refractivity contribution < 1.29 is 4.79 Å². The Bertz CT molecular complexity index is 795. The minimum atomic E-state index is -0.592. The van der Waals surface area contributed by atoms with Crippen LogP contribution in [-0.4, -0.2) is 15.5 Å². The van der Waals surface area contributed by atoms with Crippen molar-refractivity contribution in [3.63, 3.8) is 0 Å². The van der Waals surface area contributed by atoms with Crippen molar-refractivity contribution in [3.8, 4) is 0 Å². The molecule has 116 valence electrons. The van der Waals surface area contributed by atoms with Gasteiger partial charge in [0.15, 0.2) is 0 Å². The Kier molecular flexibility index (Phi) is 4.60. The van der Waals surface area contributed by atoms with Crippen LogP contribution in [0.4, 0.5) is 0 Å². The Morgan fingerprint density at radius 1 is 1.18 bits per heavy atom. The molecule has 22 heavy (non-hydrogen) atoms. The number of benzene rings is 1. The average Bonchev–Trinajstić information content (AvgIpc) is 2.40. The van der Waals surface area contributed by atoms with Crippen LogP contribution in [0.2, 0.25) is 0 Å². The number of hydrogen-bond donors (Lipinski definition) is 2. The van der Waals surface area contributed by atoms with E-state index in [2.05, 4.69) is 22.4 Å². The maximum atomic E-state index is 11.9. The van der Waals surface area contributed by atoms with E-state index in [1.165, 1.54) is 17.8 Å². The number of nitrogens with one attached hydrogen (secondary N) is 2. The van der Waals surface area contributed by atoms with Crippen molar-refractivity contribution in [3.05, 3.63) is 67.5 Å². The van der Waals surface area contributed by atoms with Gasteiger partial charge in [-0.05, 0) is 37.5 Å². The second-order valence-corrected chi connectivity index (χ2v) is 5.39. The third-order valence-electron chi connectivity index (χ3n) is 3.51. The van der Waals surface area contributed by atoms with Crippen LogP contribution in [0.3, 0.4) is 0 Å². The van der Waals surface area contributed by atoms with Crippen LogP contribution in [0.15, 0.2) is 34.0 Å². The number of carbonyl (C=O) groups excluding carboxylic acids is 1. The molecule has 0 fully saturated rings. The third kappa shape index (κ3) is 3.72. The fraction of sp³-hybridized carbons (Fsp3) is 0.312. The van der Waals surface area contributed by atoms with Gasteiger partial charge in [-0.2, -0.15) is 0 Å². The van der Waals surface area contributed by atoms with Crippen molar-refractivity contribution in [1.82, 2.24) is 14.9 Å². The molecule has 1 heterocycles. The molecule has 2 rings (SSSR count). The van der Waals surface area contributed by atoms with Crippen molar-refractivity contribution in [1.29, 1.82) is 0 Å². The van der Waals surface area contributed by atoms with Crippen LogP contribution in [0.5, 0.6) is 0 Å². The highest BCUT2D eigenvalue weighted by Gasteiger charge is 2.08. The zero-order chi connectivity index (χ0) is 16.3. The smallest absolute Gasteiger partial charge is 0.328 e. The van der Waals surface area contributed by atoms with Gasteiger partial charge in [0, 0.05) is 18.8 Å². The highest BCUT2D eigenvalue weighted by atomic mass is 16.2. The monoisotopic (exact) mass is 301 g/mol. The fourth-order valence-corrected chi connectivity index (χ4v) is 2.46. The largest absolute Gasteiger partial charge is 0.350 e. The summed E-state index contributed by atoms with van der Waals surface area (Å²) >= 11 is 0. The summed E-state index contributed by atoms with van der Waals surface area (Å²) in [5.74, 6) is -0.284. The van der Waals surface area contributed by atoms with Gasteiger partial charge >= 0.3 is 5.69 Å². The molecule has 0 unspecified atom stereocenters. The van der Waals surface area contributed by atoms with Gasteiger partial charge in [0.1, 0.15) is 6.54 Å². The molecule has 2 aromatic rings. The lowest BCUT2D eigenvalue weighted by Gasteiger charge is -2.12. The molecule has 0 radical (unpaired) electrons. The van der Waals surface area contributed by atoms with E-state index >= 15 is 0 Å². The van der Waals surface area contributed by atoms with Gasteiger partial charge in [-0.25, -0.2) is 4.79 Å². The second-order valence-electron chi connectivity index (χ2n) is 5.39. The van der Waals surface area contributed by atoms with Crippen LogP contribution >= 0.6 is 0 Å². The molecule has 1 aromatic carbocycles. The summed E-state index contributed by atoms with van der Waals surface area (Å²) in [4.78, 5) is 36.6. The summed E-state index contributed by atoms with van der Waals surface area (Å²) < 4.78 is 1.16. The molecule has 6 heteroatoms. The molecule has 6 nitrogen and oxygen atoms in total. The van der Waals surface area contributed by atoms with E-state index in [9.17, 15) is 14.4 Å². The standard InChI is InChI=1S/C16H19N3O3/c1-10-6-11(2)13(12(3)7-10)8-17-15(21)9-19-5-4-14(20)18-16(19)22/h4-7H,8-9H2,1-3H3,(H,17,21)(H,18,20,22). The first kappa shape index (κ1) is 15.8. The zero-order valence-corrected chi connectivity index (χ0v) is 12.9. The normalized spacial score (nSPS) is 10.5. The van der Waals surface area contributed by atoms with E-state index in [-0.39, 0.29) is 12.5 Å². The topological polar surface area (TPSA) is 84.0 Å². The number of aryl methyl sites for hydroxylation is 3. The number of amides is 1. The molecule has 0 bridgehead atoms. The molecule has 0 aliphatic heterocycles. The van der Waals surface area contributed by atoms with Crippen molar-refractivity contribution in [2.24, 2.45) is 0 Å². The zero-order valence-electron chi connectivity index (χ0n) is 12.9. The summed E-state index contributed by atoms with van der Waals surface area (Å²) in [5, 5.41) is 2.80. The molecular formula is C16H19N3O3. The number of nitrogens with zero attached hydrogens (tertiary/aromatic N) is 1. The lowest BCUT2D eigenvalue weighted by atomic mass is 10.00. The molecule has 1 amide bonds. The van der Waals surface area contributed by atoms with Gasteiger partial charge in [0.25, 0.3) is 5.56 Å². The quantitative estimate of drug-likeness (QED) is 0.875. The Hall–Kier alpha value is -2.63. The van der Waals surface area contributed by atoms with E-state index < -0.39 is 11.2 Å². The van der Waals surface area contributed by atoms with Crippen LogP contribution in [-0.2, 0) is 17.9 Å². The number of hydrogen-bond acceptors (Lipinski definition) is 3. The summed E-state index contributed by atoms with van der Waals surface area (Å²) in [6, 6.07) is 5.35. The fourth-order valence-electron chi connectivity index (χ4n) is 2.46. The minimum Gasteiger partial charge on any atom is -0.350 e. The number of aromatic amines is 1. The maximum absolute atomic E-state index is 11.9. The first-order valence-electron chi connectivity index (χ1n) is 7.00. The SMILES string of the molecule is Cc1cc(C)c(CNC(=O)Cn2ccc(=O)[nH]c2=O)c(C)c1. The van der Waals surface area contributed by atoms with Gasteiger partial charge in [0.05, 0.1) is 0 Å². The molecule has 0 saturated carbocycles. The predicted molar refractivity (Wildman–Crippen MR) is 83.8 cm³/mol. The van der Waals surface area contributed by atoms with Gasteiger partial charge in [0.2, 0.25) is 5.91 Å². The van der Waals surface area contributed by atoms with Crippen molar-refractivity contribution in [2.75, 3.05) is 0 Å². The second kappa shape index (κ2) is 6.43. The number of rotatable bonds is 4. The molecule has 0 saturated heterocycles. The molecule has 1 aromatic heterocycles. The molecule has 0 spiro atoms. The number of H-pyrrole nitrogens is 1. The molecule has 2 N–H and O–H groups in total. The summed E-state index contributed by atoms with van der Waals surface area (Å²) in [6.45, 7) is 6.33. The average molecular weight is 301 g/mol. The van der Waals surface area contributed by atoms with E-state index in [0.717, 1.165) is 21.3 Å². The maximum Gasteiger partial charge on any atom is 0.328 e. The molecular weight excluding hydrogens is 282 g/mol. The van der Waals surface area contributed by atoms with Crippen molar-refractivity contribution in [2.45, 2.75) is 33.9 Å². The van der Waals surface area contributed by atoms with E-state index in [4.69, 9.17) is 0 Å². The highest BCUT2D eigenvalue weighted by molar-refractivity contribution is 5.75. The van der Waals surface area contributed by atoms with Gasteiger partial charge in [-0.1, -0.05) is 17.7 Å². The minimum absolute atomic E-state index is 0.125.